The van der Waals surface area contributed by atoms with Crippen LogP contribution in [0, 0.1) is 5.92 Å². The number of amides is 1. The number of carbonyl (C=O) groups excluding carboxylic acids is 1. The van der Waals surface area contributed by atoms with Gasteiger partial charge in [0, 0.05) is 18.1 Å². The van der Waals surface area contributed by atoms with Gasteiger partial charge >= 0.3 is 0 Å². The highest BCUT2D eigenvalue weighted by molar-refractivity contribution is 6.05. The Morgan fingerprint density at radius 2 is 1.92 bits per heavy atom. The SMILES string of the molecule is CC(C)CNC(=O)c1cccc2[nH]c(-c3cc4ccccc4cn3)nc12. The molecule has 2 N–H and O–H groups in total. The van der Waals surface area contributed by atoms with E-state index in [-0.39, 0.29) is 5.91 Å². The number of imidazole rings is 1. The first kappa shape index (κ1) is 16.3. The van der Waals surface area contributed by atoms with Gasteiger partial charge in [-0.15, -0.1) is 0 Å². The zero-order valence-corrected chi connectivity index (χ0v) is 14.8. The number of rotatable bonds is 4. The maximum Gasteiger partial charge on any atom is 0.253 e. The van der Waals surface area contributed by atoms with Crippen LogP contribution in [0.15, 0.2) is 54.7 Å². The minimum absolute atomic E-state index is 0.103. The maximum absolute atomic E-state index is 12.5. The van der Waals surface area contributed by atoms with Crippen molar-refractivity contribution in [1.29, 1.82) is 0 Å². The van der Waals surface area contributed by atoms with Gasteiger partial charge < -0.3 is 10.3 Å². The van der Waals surface area contributed by atoms with E-state index < -0.39 is 0 Å². The first-order valence-corrected chi connectivity index (χ1v) is 8.74. The van der Waals surface area contributed by atoms with E-state index in [9.17, 15) is 4.79 Å². The van der Waals surface area contributed by atoms with Crippen LogP contribution in [0.2, 0.25) is 0 Å². The predicted octanol–water partition coefficient (Wildman–Crippen LogP) is 4.16. The van der Waals surface area contributed by atoms with Crippen LogP contribution in [0.1, 0.15) is 24.2 Å². The average Bonchev–Trinajstić information content (AvgIpc) is 3.10. The molecule has 2 heterocycles. The molecule has 0 radical (unpaired) electrons. The monoisotopic (exact) mass is 344 g/mol. The fourth-order valence-corrected chi connectivity index (χ4v) is 2.94. The van der Waals surface area contributed by atoms with Crippen LogP contribution in [0.25, 0.3) is 33.3 Å². The minimum atomic E-state index is -0.103. The highest BCUT2D eigenvalue weighted by atomic mass is 16.1. The Kier molecular flexibility index (Phi) is 4.13. The summed E-state index contributed by atoms with van der Waals surface area (Å²) in [6.07, 6.45) is 1.84. The topological polar surface area (TPSA) is 70.7 Å². The number of benzene rings is 2. The number of fused-ring (bicyclic) bond motifs is 2. The fraction of sp³-hybridized carbons (Fsp3) is 0.190. The van der Waals surface area contributed by atoms with Gasteiger partial charge in [0.15, 0.2) is 5.82 Å². The third-order valence-electron chi connectivity index (χ3n) is 4.30. The van der Waals surface area contributed by atoms with Crippen molar-refractivity contribution in [3.63, 3.8) is 0 Å². The second-order valence-electron chi connectivity index (χ2n) is 6.81. The van der Waals surface area contributed by atoms with E-state index in [1.165, 1.54) is 0 Å². The third-order valence-corrected chi connectivity index (χ3v) is 4.30. The average molecular weight is 344 g/mol. The smallest absolute Gasteiger partial charge is 0.253 e. The Morgan fingerprint density at radius 3 is 2.73 bits per heavy atom. The number of carbonyl (C=O) groups is 1. The molecule has 2 aromatic carbocycles. The summed E-state index contributed by atoms with van der Waals surface area (Å²) in [6.45, 7) is 4.77. The molecule has 0 bridgehead atoms. The zero-order chi connectivity index (χ0) is 18.1. The number of para-hydroxylation sites is 1. The summed E-state index contributed by atoms with van der Waals surface area (Å²) < 4.78 is 0. The summed E-state index contributed by atoms with van der Waals surface area (Å²) in [6, 6.07) is 15.7. The summed E-state index contributed by atoms with van der Waals surface area (Å²) in [4.78, 5) is 25.0. The van der Waals surface area contributed by atoms with Gasteiger partial charge in [-0.1, -0.05) is 44.2 Å². The van der Waals surface area contributed by atoms with Crippen molar-refractivity contribution in [3.8, 4) is 11.5 Å². The van der Waals surface area contributed by atoms with Crippen molar-refractivity contribution in [2.45, 2.75) is 13.8 Å². The number of hydrogen-bond acceptors (Lipinski definition) is 3. The van der Waals surface area contributed by atoms with Gasteiger partial charge in [0.05, 0.1) is 11.1 Å². The number of hydrogen-bond donors (Lipinski definition) is 2. The van der Waals surface area contributed by atoms with E-state index in [0.29, 0.717) is 29.4 Å². The number of nitrogens with zero attached hydrogens (tertiary/aromatic N) is 2. The molecule has 0 aliphatic heterocycles. The first-order valence-electron chi connectivity index (χ1n) is 8.74. The van der Waals surface area contributed by atoms with E-state index in [2.05, 4.69) is 34.1 Å². The van der Waals surface area contributed by atoms with Crippen LogP contribution < -0.4 is 5.32 Å². The van der Waals surface area contributed by atoms with Gasteiger partial charge in [0.25, 0.3) is 5.91 Å². The molecule has 0 fully saturated rings. The quantitative estimate of drug-likeness (QED) is 0.584. The van der Waals surface area contributed by atoms with Gasteiger partial charge in [-0.3, -0.25) is 9.78 Å². The summed E-state index contributed by atoms with van der Waals surface area (Å²) in [5, 5.41) is 5.14. The largest absolute Gasteiger partial charge is 0.352 e. The highest BCUT2D eigenvalue weighted by Crippen LogP contribution is 2.24. The van der Waals surface area contributed by atoms with Gasteiger partial charge in [-0.05, 0) is 29.5 Å². The summed E-state index contributed by atoms with van der Waals surface area (Å²) >= 11 is 0. The van der Waals surface area contributed by atoms with Crippen molar-refractivity contribution in [1.82, 2.24) is 20.3 Å². The van der Waals surface area contributed by atoms with Crippen molar-refractivity contribution in [3.05, 3.63) is 60.3 Å². The Balaban J connectivity index is 1.75. The molecule has 26 heavy (non-hydrogen) atoms. The zero-order valence-electron chi connectivity index (χ0n) is 14.8. The highest BCUT2D eigenvalue weighted by Gasteiger charge is 2.15. The molecule has 0 atom stereocenters. The van der Waals surface area contributed by atoms with Crippen LogP contribution in [0.4, 0.5) is 0 Å². The molecule has 4 aromatic rings. The Morgan fingerprint density at radius 1 is 1.12 bits per heavy atom. The molecule has 1 amide bonds. The molecule has 4 rings (SSSR count). The number of aromatic nitrogens is 3. The molecule has 0 saturated heterocycles. The second-order valence-corrected chi connectivity index (χ2v) is 6.81. The van der Waals surface area contributed by atoms with Crippen molar-refractivity contribution in [2.24, 2.45) is 5.92 Å². The standard InChI is InChI=1S/C21H20N4O/c1-13(2)11-23-21(26)16-8-5-9-17-19(16)25-20(24-17)18-10-14-6-3-4-7-15(14)12-22-18/h3-10,12-13H,11H2,1-2H3,(H,23,26)(H,24,25). The molecule has 5 heteroatoms. The summed E-state index contributed by atoms with van der Waals surface area (Å²) in [5.74, 6) is 0.957. The lowest BCUT2D eigenvalue weighted by molar-refractivity contribution is 0.0950. The second kappa shape index (κ2) is 6.59. The van der Waals surface area contributed by atoms with Crippen LogP contribution >= 0.6 is 0 Å². The van der Waals surface area contributed by atoms with E-state index in [1.807, 2.05) is 48.7 Å². The Labute approximate surface area is 151 Å². The molecule has 0 aliphatic rings. The van der Waals surface area contributed by atoms with Gasteiger partial charge in [-0.25, -0.2) is 4.98 Å². The lowest BCUT2D eigenvalue weighted by Crippen LogP contribution is -2.27. The number of aromatic amines is 1. The van der Waals surface area contributed by atoms with Crippen LogP contribution in [-0.4, -0.2) is 27.4 Å². The summed E-state index contributed by atoms with van der Waals surface area (Å²) in [5.41, 5.74) is 2.82. The molecular formula is C21H20N4O. The molecular weight excluding hydrogens is 324 g/mol. The van der Waals surface area contributed by atoms with Gasteiger partial charge in [0.1, 0.15) is 11.2 Å². The molecule has 0 aliphatic carbocycles. The minimum Gasteiger partial charge on any atom is -0.352 e. The Bertz CT molecular complexity index is 1100. The first-order chi connectivity index (χ1) is 12.6. The number of H-pyrrole nitrogens is 1. The van der Waals surface area contributed by atoms with Crippen molar-refractivity contribution < 1.29 is 4.79 Å². The van der Waals surface area contributed by atoms with Crippen LogP contribution in [-0.2, 0) is 0 Å². The van der Waals surface area contributed by atoms with E-state index in [1.54, 1.807) is 6.07 Å². The van der Waals surface area contributed by atoms with Crippen LogP contribution in [0.3, 0.4) is 0 Å². The molecule has 0 unspecified atom stereocenters. The fourth-order valence-electron chi connectivity index (χ4n) is 2.94. The maximum atomic E-state index is 12.5. The third kappa shape index (κ3) is 3.04. The molecule has 2 aromatic heterocycles. The molecule has 0 spiro atoms. The normalized spacial score (nSPS) is 11.3. The van der Waals surface area contributed by atoms with Gasteiger partial charge in [0.2, 0.25) is 0 Å². The summed E-state index contributed by atoms with van der Waals surface area (Å²) in [7, 11) is 0. The lowest BCUT2D eigenvalue weighted by atomic mass is 10.1. The van der Waals surface area contributed by atoms with Crippen molar-refractivity contribution in [2.75, 3.05) is 6.54 Å². The molecule has 5 nitrogen and oxygen atoms in total. The van der Waals surface area contributed by atoms with Crippen molar-refractivity contribution >= 4 is 27.7 Å². The Hall–Kier alpha value is -3.21. The van der Waals surface area contributed by atoms with E-state index in [4.69, 9.17) is 0 Å². The van der Waals surface area contributed by atoms with Gasteiger partial charge in [-0.2, -0.15) is 0 Å². The predicted molar refractivity (Wildman–Crippen MR) is 104 cm³/mol. The van der Waals surface area contributed by atoms with Crippen LogP contribution in [0.5, 0.6) is 0 Å². The lowest BCUT2D eigenvalue weighted by Gasteiger charge is -2.07. The molecule has 0 saturated carbocycles. The van der Waals surface area contributed by atoms with E-state index >= 15 is 0 Å². The number of nitrogens with one attached hydrogen (secondary N) is 2. The number of pyridine rings is 1. The van der Waals surface area contributed by atoms with E-state index in [0.717, 1.165) is 22.0 Å². The molecule has 130 valence electrons.